The van der Waals surface area contributed by atoms with E-state index in [9.17, 15) is 9.90 Å². The number of rotatable bonds is 2. The zero-order chi connectivity index (χ0) is 12.6. The average molecular weight is 307 g/mol. The summed E-state index contributed by atoms with van der Waals surface area (Å²) in [7, 11) is 0. The van der Waals surface area contributed by atoms with Crippen LogP contribution >= 0.6 is 15.9 Å². The molecule has 0 saturated heterocycles. The number of halogens is 1. The molecule has 3 aliphatic carbocycles. The second kappa shape index (κ2) is 3.01. The molecule has 3 aliphatic rings. The molecule has 0 radical (unpaired) electrons. The fourth-order valence-corrected chi connectivity index (χ4v) is 5.25. The molecule has 0 bridgehead atoms. The predicted octanol–water partition coefficient (Wildman–Crippen LogP) is 3.74. The number of hydrogen-bond acceptors (Lipinski definition) is 1. The summed E-state index contributed by atoms with van der Waals surface area (Å²) >= 11 is 3.46. The molecule has 1 aromatic rings. The van der Waals surface area contributed by atoms with Crippen LogP contribution in [0.4, 0.5) is 0 Å². The molecule has 1 spiro atoms. The second-order valence-corrected chi connectivity index (χ2v) is 7.15. The maximum Gasteiger partial charge on any atom is 0.310 e. The largest absolute Gasteiger partial charge is 0.481 e. The molecule has 3 fully saturated rings. The normalized spacial score (nSPS) is 43.8. The molecule has 0 heterocycles. The Morgan fingerprint density at radius 2 is 1.78 bits per heavy atom. The van der Waals surface area contributed by atoms with E-state index < -0.39 is 5.97 Å². The Labute approximate surface area is 115 Å². The molecule has 3 atom stereocenters. The summed E-state index contributed by atoms with van der Waals surface area (Å²) in [6.45, 7) is 0. The van der Waals surface area contributed by atoms with E-state index in [1.165, 1.54) is 5.56 Å². The summed E-state index contributed by atoms with van der Waals surface area (Å²) in [6, 6.07) is 8.51. The van der Waals surface area contributed by atoms with Gasteiger partial charge in [0.1, 0.15) is 0 Å². The van der Waals surface area contributed by atoms with E-state index in [1.54, 1.807) is 0 Å². The van der Waals surface area contributed by atoms with Gasteiger partial charge in [-0.25, -0.2) is 0 Å². The number of carboxylic acid groups (broad SMARTS) is 1. The Morgan fingerprint density at radius 1 is 1.11 bits per heavy atom. The van der Waals surface area contributed by atoms with Crippen LogP contribution in [0.25, 0.3) is 0 Å². The fraction of sp³-hybridized carbons (Fsp3) is 0.533. The Kier molecular flexibility index (Phi) is 1.84. The van der Waals surface area contributed by atoms with Crippen molar-refractivity contribution in [3.8, 4) is 0 Å². The molecule has 3 heteroatoms. The molecule has 2 nitrogen and oxygen atoms in total. The van der Waals surface area contributed by atoms with Crippen LogP contribution in [0, 0.1) is 10.8 Å². The Balaban J connectivity index is 1.78. The summed E-state index contributed by atoms with van der Waals surface area (Å²) in [5.41, 5.74) is 1.25. The van der Waals surface area contributed by atoms with E-state index >= 15 is 0 Å². The summed E-state index contributed by atoms with van der Waals surface area (Å²) in [4.78, 5) is 11.6. The SMILES string of the molecule is O=C(O)C12CCC3(c4ccc(Br)cc4)CC13CC2. The van der Waals surface area contributed by atoms with E-state index in [1.807, 2.05) is 0 Å². The number of hydrogen-bond donors (Lipinski definition) is 1. The van der Waals surface area contributed by atoms with Gasteiger partial charge in [0.25, 0.3) is 0 Å². The van der Waals surface area contributed by atoms with Crippen LogP contribution in [0.15, 0.2) is 28.7 Å². The summed E-state index contributed by atoms with van der Waals surface area (Å²) in [5, 5.41) is 9.58. The lowest BCUT2D eigenvalue weighted by Gasteiger charge is -2.45. The van der Waals surface area contributed by atoms with Crippen LogP contribution in [0.2, 0.25) is 0 Å². The maximum absolute atomic E-state index is 11.6. The minimum Gasteiger partial charge on any atom is -0.481 e. The van der Waals surface area contributed by atoms with Crippen LogP contribution in [-0.2, 0) is 10.2 Å². The molecular formula is C15H15BrO2. The quantitative estimate of drug-likeness (QED) is 0.904. The van der Waals surface area contributed by atoms with E-state index in [-0.39, 0.29) is 16.2 Å². The molecule has 1 aromatic carbocycles. The minimum atomic E-state index is -0.551. The molecule has 0 aliphatic heterocycles. The minimum absolute atomic E-state index is 0.0969. The number of carbonyl (C=O) groups is 1. The van der Waals surface area contributed by atoms with Crippen LogP contribution in [0.1, 0.15) is 37.7 Å². The van der Waals surface area contributed by atoms with Gasteiger partial charge in [-0.05, 0) is 55.2 Å². The van der Waals surface area contributed by atoms with E-state index in [0.717, 1.165) is 36.6 Å². The maximum atomic E-state index is 11.6. The standard InChI is InChI=1S/C15H15BrO2/c16-11-3-1-10(2-4-11)14-6-5-13(12(17)18)7-8-15(13,14)9-14/h1-4H,5-9H2,(H,17,18). The molecule has 4 rings (SSSR count). The lowest BCUT2D eigenvalue weighted by molar-refractivity contribution is -0.162. The van der Waals surface area contributed by atoms with Crippen LogP contribution in [0.3, 0.4) is 0 Å². The average Bonchev–Trinajstić information content (AvgIpc) is 2.97. The Hall–Kier alpha value is -0.830. The molecule has 94 valence electrons. The van der Waals surface area contributed by atoms with Crippen molar-refractivity contribution in [2.45, 2.75) is 37.5 Å². The van der Waals surface area contributed by atoms with Crippen molar-refractivity contribution in [3.63, 3.8) is 0 Å². The lowest BCUT2D eigenvalue weighted by Crippen LogP contribution is -2.47. The van der Waals surface area contributed by atoms with Gasteiger partial charge in [0, 0.05) is 9.89 Å². The van der Waals surface area contributed by atoms with Gasteiger partial charge in [0.05, 0.1) is 5.41 Å². The summed E-state index contributed by atoms with van der Waals surface area (Å²) in [6.07, 6.45) is 5.02. The number of carboxylic acids is 1. The number of aliphatic carboxylic acids is 1. The first kappa shape index (κ1) is 11.0. The van der Waals surface area contributed by atoms with Crippen molar-refractivity contribution < 1.29 is 9.90 Å². The molecule has 3 unspecified atom stereocenters. The van der Waals surface area contributed by atoms with Crippen molar-refractivity contribution in [1.82, 2.24) is 0 Å². The van der Waals surface area contributed by atoms with E-state index in [2.05, 4.69) is 40.2 Å². The summed E-state index contributed by atoms with van der Waals surface area (Å²) in [5.74, 6) is -0.551. The fourth-order valence-electron chi connectivity index (χ4n) is 4.98. The van der Waals surface area contributed by atoms with Crippen molar-refractivity contribution in [2.24, 2.45) is 10.8 Å². The Bertz CT molecular complexity index is 548. The number of benzene rings is 1. The van der Waals surface area contributed by atoms with Crippen LogP contribution in [-0.4, -0.2) is 11.1 Å². The zero-order valence-electron chi connectivity index (χ0n) is 10.1. The smallest absolute Gasteiger partial charge is 0.310 e. The first-order valence-electron chi connectivity index (χ1n) is 6.56. The lowest BCUT2D eigenvalue weighted by atomic mass is 9.56. The third-order valence-electron chi connectivity index (χ3n) is 6.07. The molecule has 0 amide bonds. The molecule has 1 N–H and O–H groups in total. The van der Waals surface area contributed by atoms with Gasteiger partial charge in [-0.3, -0.25) is 4.79 Å². The van der Waals surface area contributed by atoms with Crippen molar-refractivity contribution >= 4 is 21.9 Å². The molecule has 0 aromatic heterocycles. The Morgan fingerprint density at radius 3 is 2.28 bits per heavy atom. The highest BCUT2D eigenvalue weighted by Crippen LogP contribution is 2.88. The van der Waals surface area contributed by atoms with Crippen LogP contribution in [0.5, 0.6) is 0 Å². The molecule has 3 saturated carbocycles. The van der Waals surface area contributed by atoms with Gasteiger partial charge in [-0.15, -0.1) is 0 Å². The summed E-state index contributed by atoms with van der Waals surface area (Å²) < 4.78 is 1.09. The van der Waals surface area contributed by atoms with Crippen molar-refractivity contribution in [3.05, 3.63) is 34.3 Å². The van der Waals surface area contributed by atoms with E-state index in [4.69, 9.17) is 0 Å². The second-order valence-electron chi connectivity index (χ2n) is 6.24. The molecular weight excluding hydrogens is 292 g/mol. The van der Waals surface area contributed by atoms with Gasteiger partial charge in [-0.2, -0.15) is 0 Å². The topological polar surface area (TPSA) is 37.3 Å². The highest BCUT2D eigenvalue weighted by Gasteiger charge is 2.86. The highest BCUT2D eigenvalue weighted by atomic mass is 79.9. The van der Waals surface area contributed by atoms with Crippen molar-refractivity contribution in [2.75, 3.05) is 0 Å². The first-order valence-corrected chi connectivity index (χ1v) is 7.35. The predicted molar refractivity (Wildman–Crippen MR) is 71.4 cm³/mol. The van der Waals surface area contributed by atoms with Crippen molar-refractivity contribution in [1.29, 1.82) is 0 Å². The third kappa shape index (κ3) is 0.932. The monoisotopic (exact) mass is 306 g/mol. The van der Waals surface area contributed by atoms with Gasteiger partial charge in [0.2, 0.25) is 0 Å². The molecule has 18 heavy (non-hydrogen) atoms. The third-order valence-corrected chi connectivity index (χ3v) is 6.60. The van der Waals surface area contributed by atoms with Gasteiger partial charge < -0.3 is 5.11 Å². The van der Waals surface area contributed by atoms with Crippen LogP contribution < -0.4 is 0 Å². The van der Waals surface area contributed by atoms with Gasteiger partial charge in [-0.1, -0.05) is 28.1 Å². The first-order chi connectivity index (χ1) is 8.56. The van der Waals surface area contributed by atoms with E-state index in [0.29, 0.717) is 0 Å². The zero-order valence-corrected chi connectivity index (χ0v) is 11.7. The highest BCUT2D eigenvalue weighted by molar-refractivity contribution is 9.10. The van der Waals surface area contributed by atoms with Gasteiger partial charge >= 0.3 is 5.97 Å². The van der Waals surface area contributed by atoms with Gasteiger partial charge in [0.15, 0.2) is 0 Å².